The lowest BCUT2D eigenvalue weighted by Crippen LogP contribution is -2.46. The zero-order valence-corrected chi connectivity index (χ0v) is 12.9. The molecule has 2 aliphatic rings. The number of rotatable bonds is 2. The first-order valence-corrected chi connectivity index (χ1v) is 7.81. The summed E-state index contributed by atoms with van der Waals surface area (Å²) in [6.45, 7) is 7.30. The Hall–Kier alpha value is -0.340. The molecule has 1 aliphatic heterocycles. The fraction of sp³-hybridized carbons (Fsp3) is 0.625. The molecule has 1 aromatic rings. The van der Waals surface area contributed by atoms with Crippen molar-refractivity contribution in [3.05, 3.63) is 34.3 Å². The van der Waals surface area contributed by atoms with Crippen LogP contribution in [0, 0.1) is 10.8 Å². The van der Waals surface area contributed by atoms with Gasteiger partial charge in [-0.05, 0) is 48.3 Å². The van der Waals surface area contributed by atoms with Crippen LogP contribution < -0.4 is 5.32 Å². The Morgan fingerprint density at radius 2 is 1.89 bits per heavy atom. The van der Waals surface area contributed by atoms with Crippen molar-refractivity contribution in [2.75, 3.05) is 13.1 Å². The lowest BCUT2D eigenvalue weighted by Gasteiger charge is -2.47. The van der Waals surface area contributed by atoms with Crippen LogP contribution in [-0.2, 0) is 0 Å². The molecular formula is C16H22BrN. The van der Waals surface area contributed by atoms with Gasteiger partial charge in [0.25, 0.3) is 0 Å². The largest absolute Gasteiger partial charge is 0.316 e. The normalized spacial score (nSPS) is 34.3. The lowest BCUT2D eigenvalue weighted by atomic mass is 9.61. The summed E-state index contributed by atoms with van der Waals surface area (Å²) >= 11 is 3.74. The first-order valence-electron chi connectivity index (χ1n) is 7.02. The predicted octanol–water partition coefficient (Wildman–Crippen LogP) is 4.33. The molecule has 1 heterocycles. The van der Waals surface area contributed by atoms with E-state index in [1.807, 2.05) is 0 Å². The molecule has 1 aliphatic carbocycles. The summed E-state index contributed by atoms with van der Waals surface area (Å²) in [6.07, 6.45) is 4.12. The van der Waals surface area contributed by atoms with E-state index in [-0.39, 0.29) is 0 Å². The van der Waals surface area contributed by atoms with Gasteiger partial charge in [-0.2, -0.15) is 0 Å². The van der Waals surface area contributed by atoms with Gasteiger partial charge in [0.15, 0.2) is 0 Å². The Labute approximate surface area is 118 Å². The zero-order chi connectivity index (χ0) is 12.8. The Balaban J connectivity index is 2.01. The minimum Gasteiger partial charge on any atom is -0.316 e. The van der Waals surface area contributed by atoms with E-state index < -0.39 is 0 Å². The summed E-state index contributed by atoms with van der Waals surface area (Å²) in [4.78, 5) is 0. The molecule has 0 spiro atoms. The highest BCUT2D eigenvalue weighted by atomic mass is 79.9. The highest BCUT2D eigenvalue weighted by Crippen LogP contribution is 2.65. The second kappa shape index (κ2) is 4.35. The van der Waals surface area contributed by atoms with E-state index >= 15 is 0 Å². The van der Waals surface area contributed by atoms with Gasteiger partial charge in [-0.1, -0.05) is 48.0 Å². The van der Waals surface area contributed by atoms with Crippen molar-refractivity contribution in [2.45, 2.75) is 39.0 Å². The van der Waals surface area contributed by atoms with Gasteiger partial charge < -0.3 is 5.32 Å². The highest BCUT2D eigenvalue weighted by Gasteiger charge is 2.57. The van der Waals surface area contributed by atoms with Gasteiger partial charge >= 0.3 is 0 Å². The van der Waals surface area contributed by atoms with Crippen molar-refractivity contribution in [1.29, 1.82) is 0 Å². The second-order valence-corrected chi connectivity index (χ2v) is 7.36. The quantitative estimate of drug-likeness (QED) is 0.857. The van der Waals surface area contributed by atoms with Crippen LogP contribution in [0.15, 0.2) is 28.7 Å². The van der Waals surface area contributed by atoms with Gasteiger partial charge in [-0.25, -0.2) is 0 Å². The van der Waals surface area contributed by atoms with E-state index in [1.54, 1.807) is 0 Å². The summed E-state index contributed by atoms with van der Waals surface area (Å²) in [5.74, 6) is 0.634. The zero-order valence-electron chi connectivity index (χ0n) is 11.3. The number of benzene rings is 1. The van der Waals surface area contributed by atoms with Crippen LogP contribution in [0.1, 0.15) is 44.6 Å². The average molecular weight is 308 g/mol. The molecule has 3 rings (SSSR count). The maximum absolute atomic E-state index is 3.74. The SMILES string of the molecule is CC1(C2(C)CCNCC2c2ccccc2Br)CC1. The van der Waals surface area contributed by atoms with E-state index in [1.165, 1.54) is 35.8 Å². The summed E-state index contributed by atoms with van der Waals surface area (Å²) in [5.41, 5.74) is 2.50. The number of nitrogens with one attached hydrogen (secondary N) is 1. The summed E-state index contributed by atoms with van der Waals surface area (Å²) in [6, 6.07) is 8.76. The molecule has 1 N–H and O–H groups in total. The maximum Gasteiger partial charge on any atom is 0.0210 e. The molecule has 18 heavy (non-hydrogen) atoms. The molecule has 1 saturated carbocycles. The van der Waals surface area contributed by atoms with Gasteiger partial charge in [-0.15, -0.1) is 0 Å². The number of halogens is 1. The number of piperidine rings is 1. The van der Waals surface area contributed by atoms with Crippen molar-refractivity contribution in [1.82, 2.24) is 5.32 Å². The highest BCUT2D eigenvalue weighted by molar-refractivity contribution is 9.10. The third kappa shape index (κ3) is 1.85. The Kier molecular flexibility index (Phi) is 3.06. The predicted molar refractivity (Wildman–Crippen MR) is 79.8 cm³/mol. The van der Waals surface area contributed by atoms with Gasteiger partial charge in [0.2, 0.25) is 0 Å². The molecule has 2 unspecified atom stereocenters. The van der Waals surface area contributed by atoms with Crippen LogP contribution in [0.3, 0.4) is 0 Å². The standard InChI is InChI=1S/C16H22BrN/c1-15(7-8-15)16(2)9-10-18-11-13(16)12-5-3-4-6-14(12)17/h3-6,13,18H,7-11H2,1-2H3. The number of hydrogen-bond acceptors (Lipinski definition) is 1. The molecule has 1 nitrogen and oxygen atoms in total. The third-order valence-electron chi connectivity index (χ3n) is 5.60. The van der Waals surface area contributed by atoms with E-state index in [9.17, 15) is 0 Å². The Bertz CT molecular complexity index is 452. The Morgan fingerprint density at radius 3 is 2.56 bits per heavy atom. The monoisotopic (exact) mass is 307 g/mol. The van der Waals surface area contributed by atoms with Crippen LogP contribution in [0.25, 0.3) is 0 Å². The Morgan fingerprint density at radius 1 is 1.17 bits per heavy atom. The first kappa shape index (κ1) is 12.7. The molecule has 0 radical (unpaired) electrons. The molecule has 2 fully saturated rings. The van der Waals surface area contributed by atoms with Crippen molar-refractivity contribution < 1.29 is 0 Å². The third-order valence-corrected chi connectivity index (χ3v) is 6.32. The topological polar surface area (TPSA) is 12.0 Å². The van der Waals surface area contributed by atoms with Crippen LogP contribution in [0.5, 0.6) is 0 Å². The fourth-order valence-corrected chi connectivity index (χ4v) is 4.25. The minimum absolute atomic E-state index is 0.447. The first-order chi connectivity index (χ1) is 8.57. The molecule has 1 aromatic carbocycles. The van der Waals surface area contributed by atoms with Gasteiger partial charge in [0, 0.05) is 16.9 Å². The lowest BCUT2D eigenvalue weighted by molar-refractivity contribution is 0.0909. The molecular weight excluding hydrogens is 286 g/mol. The van der Waals surface area contributed by atoms with Crippen LogP contribution in [0.4, 0.5) is 0 Å². The smallest absolute Gasteiger partial charge is 0.0210 e. The van der Waals surface area contributed by atoms with Gasteiger partial charge in [-0.3, -0.25) is 0 Å². The molecule has 0 aromatic heterocycles. The van der Waals surface area contributed by atoms with Crippen molar-refractivity contribution in [3.63, 3.8) is 0 Å². The minimum atomic E-state index is 0.447. The van der Waals surface area contributed by atoms with Crippen LogP contribution >= 0.6 is 15.9 Å². The summed E-state index contributed by atoms with van der Waals surface area (Å²) in [5, 5.41) is 3.59. The molecule has 2 heteroatoms. The van der Waals surface area contributed by atoms with Gasteiger partial charge in [0.1, 0.15) is 0 Å². The second-order valence-electron chi connectivity index (χ2n) is 6.51. The van der Waals surface area contributed by atoms with Gasteiger partial charge in [0.05, 0.1) is 0 Å². The number of hydrogen-bond donors (Lipinski definition) is 1. The van der Waals surface area contributed by atoms with E-state index in [0.717, 1.165) is 6.54 Å². The molecule has 1 saturated heterocycles. The molecule has 0 bridgehead atoms. The van der Waals surface area contributed by atoms with Crippen LogP contribution in [-0.4, -0.2) is 13.1 Å². The van der Waals surface area contributed by atoms with E-state index in [2.05, 4.69) is 59.4 Å². The van der Waals surface area contributed by atoms with Crippen molar-refractivity contribution in [3.8, 4) is 0 Å². The summed E-state index contributed by atoms with van der Waals surface area (Å²) in [7, 11) is 0. The van der Waals surface area contributed by atoms with Crippen LogP contribution in [0.2, 0.25) is 0 Å². The van der Waals surface area contributed by atoms with Crippen molar-refractivity contribution >= 4 is 15.9 Å². The van der Waals surface area contributed by atoms with Crippen molar-refractivity contribution in [2.24, 2.45) is 10.8 Å². The fourth-order valence-electron chi connectivity index (χ4n) is 3.69. The summed E-state index contributed by atoms with van der Waals surface area (Å²) < 4.78 is 1.27. The average Bonchev–Trinajstić information content (AvgIpc) is 3.11. The molecule has 98 valence electrons. The molecule has 2 atom stereocenters. The molecule has 0 amide bonds. The van der Waals surface area contributed by atoms with E-state index in [0.29, 0.717) is 16.7 Å². The van der Waals surface area contributed by atoms with E-state index in [4.69, 9.17) is 0 Å². The maximum atomic E-state index is 3.74.